The highest BCUT2D eigenvalue weighted by Crippen LogP contribution is 2.15. The maximum atomic E-state index is 12.1. The molecule has 27 heavy (non-hydrogen) atoms. The second-order valence-electron chi connectivity index (χ2n) is 5.77. The average molecular weight is 411 g/mol. The van der Waals surface area contributed by atoms with Crippen molar-refractivity contribution in [2.45, 2.75) is 17.7 Å². The summed E-state index contributed by atoms with van der Waals surface area (Å²) in [6, 6.07) is 11.2. The van der Waals surface area contributed by atoms with E-state index in [0.29, 0.717) is 17.3 Å². The van der Waals surface area contributed by atoms with Gasteiger partial charge in [0.05, 0.1) is 13.7 Å². The maximum absolute atomic E-state index is 12.1. The van der Waals surface area contributed by atoms with Crippen LogP contribution in [-0.4, -0.2) is 53.1 Å². The molecule has 1 aromatic heterocycles. The molecule has 0 aliphatic carbocycles. The minimum absolute atomic E-state index is 0.242. The van der Waals surface area contributed by atoms with E-state index in [9.17, 15) is 8.42 Å². The number of nitrogens with zero attached hydrogens (tertiary/aromatic N) is 2. The van der Waals surface area contributed by atoms with E-state index in [1.54, 1.807) is 24.6 Å². The van der Waals surface area contributed by atoms with E-state index in [2.05, 4.69) is 15.0 Å². The van der Waals surface area contributed by atoms with Gasteiger partial charge in [-0.25, -0.2) is 13.1 Å². The Labute approximate surface area is 165 Å². The Morgan fingerprint density at radius 2 is 2.00 bits per heavy atom. The Morgan fingerprint density at radius 3 is 2.59 bits per heavy atom. The number of ether oxygens (including phenoxy) is 1. The van der Waals surface area contributed by atoms with E-state index in [0.717, 1.165) is 23.8 Å². The first-order chi connectivity index (χ1) is 13.0. The molecular formula is C18H26N4O3S2. The van der Waals surface area contributed by atoms with E-state index < -0.39 is 10.0 Å². The van der Waals surface area contributed by atoms with Crippen LogP contribution in [0.25, 0.3) is 0 Å². The zero-order chi connectivity index (χ0) is 19.7. The normalized spacial score (nSPS) is 12.0. The highest BCUT2D eigenvalue weighted by Gasteiger charge is 2.14. The number of thiophene rings is 1. The number of benzene rings is 1. The fourth-order valence-corrected chi connectivity index (χ4v) is 4.44. The second kappa shape index (κ2) is 10.3. The minimum Gasteiger partial charge on any atom is -0.497 e. The summed E-state index contributed by atoms with van der Waals surface area (Å²) in [6.45, 7) is 3.99. The van der Waals surface area contributed by atoms with Gasteiger partial charge < -0.3 is 15.0 Å². The lowest BCUT2D eigenvalue weighted by Gasteiger charge is -2.22. The fourth-order valence-electron chi connectivity index (χ4n) is 2.38. The van der Waals surface area contributed by atoms with Crippen molar-refractivity contribution in [2.24, 2.45) is 4.99 Å². The molecule has 148 valence electrons. The first-order valence-electron chi connectivity index (χ1n) is 8.62. The van der Waals surface area contributed by atoms with Gasteiger partial charge in [-0.15, -0.1) is 11.3 Å². The lowest BCUT2D eigenvalue weighted by atomic mass is 10.2. The molecule has 2 rings (SSSR count). The first kappa shape index (κ1) is 21.2. The highest BCUT2D eigenvalue weighted by molar-refractivity contribution is 7.91. The van der Waals surface area contributed by atoms with Crippen LogP contribution in [-0.2, 0) is 16.6 Å². The summed E-state index contributed by atoms with van der Waals surface area (Å²) >= 11 is 1.20. The highest BCUT2D eigenvalue weighted by atomic mass is 32.2. The Kier molecular flexibility index (Phi) is 8.08. The molecular weight excluding hydrogens is 384 g/mol. The molecule has 0 atom stereocenters. The van der Waals surface area contributed by atoms with Crippen molar-refractivity contribution in [1.29, 1.82) is 0 Å². The summed E-state index contributed by atoms with van der Waals surface area (Å²) in [5, 5.41) is 4.97. The zero-order valence-electron chi connectivity index (χ0n) is 15.8. The standard InChI is InChI=1S/C18H26N4O3S2/c1-4-19-18(22(2)14-15-7-9-16(25-3)10-8-15)20-11-12-21-27(23,24)17-6-5-13-26-17/h5-10,13,21H,4,11-12,14H2,1-3H3,(H,19,20). The van der Waals surface area contributed by atoms with Crippen molar-refractivity contribution < 1.29 is 13.2 Å². The minimum atomic E-state index is -3.45. The quantitative estimate of drug-likeness (QED) is 0.376. The molecule has 9 heteroatoms. The van der Waals surface area contributed by atoms with Crippen LogP contribution in [0.5, 0.6) is 5.75 Å². The summed E-state index contributed by atoms with van der Waals surface area (Å²) in [7, 11) is 0.139. The molecule has 2 aromatic rings. The smallest absolute Gasteiger partial charge is 0.250 e. The summed E-state index contributed by atoms with van der Waals surface area (Å²) in [4.78, 5) is 6.51. The van der Waals surface area contributed by atoms with Crippen LogP contribution in [0.1, 0.15) is 12.5 Å². The third kappa shape index (κ3) is 6.53. The number of sulfonamides is 1. The fraction of sp³-hybridized carbons (Fsp3) is 0.389. The van der Waals surface area contributed by atoms with Gasteiger partial charge >= 0.3 is 0 Å². The van der Waals surface area contributed by atoms with Crippen LogP contribution in [0.2, 0.25) is 0 Å². The SMILES string of the molecule is CCNC(=NCCNS(=O)(=O)c1cccs1)N(C)Cc1ccc(OC)cc1. The van der Waals surface area contributed by atoms with Crippen molar-refractivity contribution in [2.75, 3.05) is 33.8 Å². The Morgan fingerprint density at radius 1 is 1.26 bits per heavy atom. The zero-order valence-corrected chi connectivity index (χ0v) is 17.4. The Hall–Kier alpha value is -2.10. The van der Waals surface area contributed by atoms with Crippen LogP contribution >= 0.6 is 11.3 Å². The molecule has 0 saturated carbocycles. The summed E-state index contributed by atoms with van der Waals surface area (Å²) in [6.07, 6.45) is 0. The van der Waals surface area contributed by atoms with Crippen LogP contribution in [0, 0.1) is 0 Å². The van der Waals surface area contributed by atoms with Crippen molar-refractivity contribution in [1.82, 2.24) is 14.9 Å². The molecule has 0 unspecified atom stereocenters. The molecule has 0 amide bonds. The predicted octanol–water partition coefficient (Wildman–Crippen LogP) is 2.13. The van der Waals surface area contributed by atoms with Gasteiger partial charge in [-0.2, -0.15) is 0 Å². The van der Waals surface area contributed by atoms with Crippen molar-refractivity contribution >= 4 is 27.3 Å². The largest absolute Gasteiger partial charge is 0.497 e. The summed E-state index contributed by atoms with van der Waals surface area (Å²) < 4.78 is 32.3. The molecule has 0 fully saturated rings. The molecule has 0 bridgehead atoms. The average Bonchev–Trinajstić information content (AvgIpc) is 3.20. The van der Waals surface area contributed by atoms with E-state index in [1.807, 2.05) is 43.1 Å². The maximum Gasteiger partial charge on any atom is 0.250 e. The van der Waals surface area contributed by atoms with Crippen LogP contribution in [0.15, 0.2) is 51.0 Å². The molecule has 1 heterocycles. The van der Waals surface area contributed by atoms with Gasteiger partial charge in [-0.3, -0.25) is 4.99 Å². The van der Waals surface area contributed by atoms with Crippen LogP contribution < -0.4 is 14.8 Å². The Balaban J connectivity index is 1.92. The number of guanidine groups is 1. The molecule has 0 spiro atoms. The van der Waals surface area contributed by atoms with Crippen LogP contribution in [0.3, 0.4) is 0 Å². The van der Waals surface area contributed by atoms with Gasteiger partial charge in [-0.1, -0.05) is 18.2 Å². The van der Waals surface area contributed by atoms with E-state index in [1.165, 1.54) is 11.3 Å². The molecule has 1 aromatic carbocycles. The molecule has 0 aliphatic rings. The van der Waals surface area contributed by atoms with E-state index in [-0.39, 0.29) is 6.54 Å². The lowest BCUT2D eigenvalue weighted by Crippen LogP contribution is -2.39. The van der Waals surface area contributed by atoms with Gasteiger partial charge in [0.2, 0.25) is 10.0 Å². The number of hydrogen-bond acceptors (Lipinski definition) is 5. The second-order valence-corrected chi connectivity index (χ2v) is 8.71. The molecule has 0 radical (unpaired) electrons. The van der Waals surface area contributed by atoms with Gasteiger partial charge in [0, 0.05) is 26.7 Å². The number of methoxy groups -OCH3 is 1. The molecule has 0 saturated heterocycles. The van der Waals surface area contributed by atoms with Crippen molar-refractivity contribution in [3.8, 4) is 5.75 Å². The van der Waals surface area contributed by atoms with Crippen molar-refractivity contribution in [3.63, 3.8) is 0 Å². The van der Waals surface area contributed by atoms with E-state index in [4.69, 9.17) is 4.74 Å². The van der Waals surface area contributed by atoms with Crippen molar-refractivity contribution in [3.05, 3.63) is 47.3 Å². The van der Waals surface area contributed by atoms with Gasteiger partial charge in [0.15, 0.2) is 5.96 Å². The number of aliphatic imine (C=N–C) groups is 1. The number of rotatable bonds is 9. The van der Waals surface area contributed by atoms with Crippen LogP contribution in [0.4, 0.5) is 0 Å². The van der Waals surface area contributed by atoms with Gasteiger partial charge in [0.25, 0.3) is 0 Å². The Bertz CT molecular complexity index is 819. The molecule has 2 N–H and O–H groups in total. The number of nitrogens with one attached hydrogen (secondary N) is 2. The third-order valence-electron chi connectivity index (χ3n) is 3.70. The molecule has 0 aliphatic heterocycles. The summed E-state index contributed by atoms with van der Waals surface area (Å²) in [5.41, 5.74) is 1.13. The monoisotopic (exact) mass is 410 g/mol. The predicted molar refractivity (Wildman–Crippen MR) is 110 cm³/mol. The molecule has 7 nitrogen and oxygen atoms in total. The van der Waals surface area contributed by atoms with Gasteiger partial charge in [-0.05, 0) is 36.1 Å². The van der Waals surface area contributed by atoms with E-state index >= 15 is 0 Å². The van der Waals surface area contributed by atoms with Gasteiger partial charge in [0.1, 0.15) is 9.96 Å². The summed E-state index contributed by atoms with van der Waals surface area (Å²) in [5.74, 6) is 1.55. The number of hydrogen-bond donors (Lipinski definition) is 2. The lowest BCUT2D eigenvalue weighted by molar-refractivity contribution is 0.414. The topological polar surface area (TPSA) is 83.0 Å². The third-order valence-corrected chi connectivity index (χ3v) is 6.56. The first-order valence-corrected chi connectivity index (χ1v) is 11.0.